The Morgan fingerprint density at radius 1 is 1.21 bits per heavy atom. The van der Waals surface area contributed by atoms with E-state index >= 15 is 0 Å². The van der Waals surface area contributed by atoms with E-state index in [4.69, 9.17) is 9.15 Å². The van der Waals surface area contributed by atoms with Crippen LogP contribution in [0.1, 0.15) is 29.5 Å². The lowest BCUT2D eigenvalue weighted by Crippen LogP contribution is -2.27. The van der Waals surface area contributed by atoms with E-state index in [1.165, 1.54) is 11.1 Å². The second-order valence-electron chi connectivity index (χ2n) is 7.12. The summed E-state index contributed by atoms with van der Waals surface area (Å²) in [4.78, 5) is 18.0. The van der Waals surface area contributed by atoms with Crippen LogP contribution in [0.25, 0.3) is 11.3 Å². The molecule has 1 saturated heterocycles. The molecule has 1 aromatic heterocycles. The lowest BCUT2D eigenvalue weighted by atomic mass is 10.0. The minimum absolute atomic E-state index is 0.0540. The molecule has 1 fully saturated rings. The number of hydrogen-bond donors (Lipinski definition) is 1. The third-order valence-electron chi connectivity index (χ3n) is 5.10. The van der Waals surface area contributed by atoms with Crippen molar-refractivity contribution >= 4 is 11.7 Å². The number of hydrogen-bond acceptors (Lipinski definition) is 4. The highest BCUT2D eigenvalue weighted by atomic mass is 16.5. The first kappa shape index (κ1) is 19.2. The summed E-state index contributed by atoms with van der Waals surface area (Å²) in [5.41, 5.74) is 5.36. The summed E-state index contributed by atoms with van der Waals surface area (Å²) in [7, 11) is 0. The topological polar surface area (TPSA) is 67.6 Å². The summed E-state index contributed by atoms with van der Waals surface area (Å²) in [6.07, 6.45) is 2.39. The fraction of sp³-hybridized carbons (Fsp3) is 0.304. The van der Waals surface area contributed by atoms with Crippen molar-refractivity contribution in [2.24, 2.45) is 0 Å². The quantitative estimate of drug-likeness (QED) is 0.652. The molecule has 2 amide bonds. The maximum Gasteiger partial charge on any atom is 0.321 e. The Kier molecular flexibility index (Phi) is 5.62. The van der Waals surface area contributed by atoms with Crippen LogP contribution in [0.4, 0.5) is 10.5 Å². The standard InChI is InChI=1S/C23H25N3O3/c1-3-28-15-17-5-4-16(2)19(12-17)13-22-25-14-21(29-22)18-6-8-20(9-7-18)26-11-10-24-23(26)27/h4-9,12,14H,3,10-11,13,15H2,1-2H3,(H,24,27). The largest absolute Gasteiger partial charge is 0.440 e. The van der Waals surface area contributed by atoms with Gasteiger partial charge in [-0.05, 0) is 54.8 Å². The van der Waals surface area contributed by atoms with Crippen molar-refractivity contribution in [2.75, 3.05) is 24.6 Å². The monoisotopic (exact) mass is 391 g/mol. The second-order valence-corrected chi connectivity index (χ2v) is 7.12. The highest BCUT2D eigenvalue weighted by molar-refractivity contribution is 5.94. The van der Waals surface area contributed by atoms with Crippen LogP contribution in [-0.2, 0) is 17.8 Å². The molecule has 0 saturated carbocycles. The van der Waals surface area contributed by atoms with E-state index in [9.17, 15) is 4.79 Å². The third-order valence-corrected chi connectivity index (χ3v) is 5.10. The predicted molar refractivity (Wildman–Crippen MR) is 112 cm³/mol. The van der Waals surface area contributed by atoms with Crippen LogP contribution in [0.3, 0.4) is 0 Å². The van der Waals surface area contributed by atoms with Gasteiger partial charge in [-0.1, -0.05) is 18.2 Å². The number of anilines is 1. The number of nitrogens with one attached hydrogen (secondary N) is 1. The molecule has 1 N–H and O–H groups in total. The van der Waals surface area contributed by atoms with Gasteiger partial charge in [0.2, 0.25) is 0 Å². The maximum atomic E-state index is 11.8. The first-order chi connectivity index (χ1) is 14.1. The van der Waals surface area contributed by atoms with Crippen LogP contribution in [0.5, 0.6) is 0 Å². The number of amides is 2. The minimum Gasteiger partial charge on any atom is -0.440 e. The number of ether oxygens (including phenoxy) is 1. The Labute approximate surface area is 170 Å². The minimum atomic E-state index is -0.0540. The Balaban J connectivity index is 1.48. The fourth-order valence-electron chi connectivity index (χ4n) is 3.44. The number of nitrogens with zero attached hydrogens (tertiary/aromatic N) is 2. The molecule has 6 heteroatoms. The Morgan fingerprint density at radius 2 is 2.03 bits per heavy atom. The van der Waals surface area contributed by atoms with Crippen LogP contribution >= 0.6 is 0 Å². The van der Waals surface area contributed by atoms with E-state index in [0.717, 1.165) is 22.6 Å². The molecule has 150 valence electrons. The van der Waals surface area contributed by atoms with Crippen molar-refractivity contribution < 1.29 is 13.9 Å². The molecule has 0 aliphatic carbocycles. The number of oxazole rings is 1. The highest BCUT2D eigenvalue weighted by Gasteiger charge is 2.21. The number of urea groups is 1. The lowest BCUT2D eigenvalue weighted by Gasteiger charge is -2.14. The molecule has 4 rings (SSSR count). The average molecular weight is 391 g/mol. The van der Waals surface area contributed by atoms with E-state index in [0.29, 0.717) is 38.6 Å². The Hall–Kier alpha value is -3.12. The molecule has 1 aliphatic heterocycles. The summed E-state index contributed by atoms with van der Waals surface area (Å²) < 4.78 is 11.5. The molecule has 0 radical (unpaired) electrons. The van der Waals surface area contributed by atoms with Gasteiger partial charge in [-0.25, -0.2) is 9.78 Å². The van der Waals surface area contributed by atoms with Gasteiger partial charge in [0.1, 0.15) is 0 Å². The zero-order chi connectivity index (χ0) is 20.2. The van der Waals surface area contributed by atoms with Crippen LogP contribution in [-0.4, -0.2) is 30.7 Å². The van der Waals surface area contributed by atoms with Gasteiger partial charge in [0.15, 0.2) is 11.7 Å². The van der Waals surface area contributed by atoms with Gasteiger partial charge in [-0.2, -0.15) is 0 Å². The van der Waals surface area contributed by atoms with E-state index in [1.54, 1.807) is 11.1 Å². The van der Waals surface area contributed by atoms with Crippen LogP contribution in [0.2, 0.25) is 0 Å². The molecular formula is C23H25N3O3. The molecule has 6 nitrogen and oxygen atoms in total. The molecule has 0 atom stereocenters. The second kappa shape index (κ2) is 8.49. The molecule has 3 aromatic rings. The number of aryl methyl sites for hydroxylation is 1. The van der Waals surface area contributed by atoms with Gasteiger partial charge < -0.3 is 14.5 Å². The summed E-state index contributed by atoms with van der Waals surface area (Å²) in [5, 5.41) is 2.81. The molecule has 29 heavy (non-hydrogen) atoms. The fourth-order valence-corrected chi connectivity index (χ4v) is 3.44. The normalized spacial score (nSPS) is 13.7. The first-order valence-electron chi connectivity index (χ1n) is 9.90. The number of carbonyl (C=O) groups excluding carboxylic acids is 1. The van der Waals surface area contributed by atoms with Crippen LogP contribution in [0.15, 0.2) is 53.1 Å². The van der Waals surface area contributed by atoms with Crippen LogP contribution in [0, 0.1) is 6.92 Å². The van der Waals surface area contributed by atoms with Gasteiger partial charge in [0.25, 0.3) is 0 Å². The molecule has 0 bridgehead atoms. The van der Waals surface area contributed by atoms with Crippen molar-refractivity contribution in [3.05, 3.63) is 71.2 Å². The number of carbonyl (C=O) groups is 1. The van der Waals surface area contributed by atoms with Crippen molar-refractivity contribution in [3.63, 3.8) is 0 Å². The zero-order valence-electron chi connectivity index (χ0n) is 16.8. The van der Waals surface area contributed by atoms with E-state index in [1.807, 2.05) is 31.2 Å². The summed E-state index contributed by atoms with van der Waals surface area (Å²) in [5.74, 6) is 1.40. The molecule has 0 spiro atoms. The lowest BCUT2D eigenvalue weighted by molar-refractivity contribution is 0.134. The summed E-state index contributed by atoms with van der Waals surface area (Å²) in [6.45, 7) is 6.77. The van der Waals surface area contributed by atoms with Crippen molar-refractivity contribution in [1.29, 1.82) is 0 Å². The molecule has 2 aromatic carbocycles. The van der Waals surface area contributed by atoms with Gasteiger partial charge >= 0.3 is 6.03 Å². The number of aromatic nitrogens is 1. The summed E-state index contributed by atoms with van der Waals surface area (Å²) in [6, 6.07) is 14.1. The predicted octanol–water partition coefficient (Wildman–Crippen LogP) is 4.31. The third kappa shape index (κ3) is 4.32. The van der Waals surface area contributed by atoms with Crippen molar-refractivity contribution in [2.45, 2.75) is 26.9 Å². The van der Waals surface area contributed by atoms with Crippen molar-refractivity contribution in [3.8, 4) is 11.3 Å². The highest BCUT2D eigenvalue weighted by Crippen LogP contribution is 2.26. The zero-order valence-corrected chi connectivity index (χ0v) is 16.8. The van der Waals surface area contributed by atoms with Crippen molar-refractivity contribution in [1.82, 2.24) is 10.3 Å². The number of rotatable bonds is 7. The Bertz CT molecular complexity index is 995. The SMILES string of the molecule is CCOCc1ccc(C)c(Cc2ncc(-c3ccc(N4CCNC4=O)cc3)o2)c1. The molecule has 1 aliphatic rings. The first-order valence-corrected chi connectivity index (χ1v) is 9.90. The smallest absolute Gasteiger partial charge is 0.321 e. The van der Waals surface area contributed by atoms with E-state index in [-0.39, 0.29) is 6.03 Å². The molecule has 2 heterocycles. The van der Waals surface area contributed by atoms with Gasteiger partial charge in [-0.15, -0.1) is 0 Å². The van der Waals surface area contributed by atoms with Gasteiger partial charge in [0, 0.05) is 37.4 Å². The number of benzene rings is 2. The molecule has 0 unspecified atom stereocenters. The molecular weight excluding hydrogens is 366 g/mol. The maximum absolute atomic E-state index is 11.8. The van der Waals surface area contributed by atoms with E-state index in [2.05, 4.69) is 35.4 Å². The van der Waals surface area contributed by atoms with Gasteiger partial charge in [-0.3, -0.25) is 4.90 Å². The Morgan fingerprint density at radius 3 is 2.76 bits per heavy atom. The average Bonchev–Trinajstić information content (AvgIpc) is 3.38. The summed E-state index contributed by atoms with van der Waals surface area (Å²) >= 11 is 0. The van der Waals surface area contributed by atoms with Gasteiger partial charge in [0.05, 0.1) is 12.8 Å². The van der Waals surface area contributed by atoms with Crippen LogP contribution < -0.4 is 10.2 Å². The van der Waals surface area contributed by atoms with E-state index < -0.39 is 0 Å².